The molecule has 6 aromatic rings. The Bertz CT molecular complexity index is 1930. The molecule has 0 unspecified atom stereocenters. The predicted octanol–water partition coefficient (Wildman–Crippen LogP) is 5.07. The van der Waals surface area contributed by atoms with E-state index in [4.69, 9.17) is 20.3 Å². The fourth-order valence-corrected chi connectivity index (χ4v) is 4.97. The highest BCUT2D eigenvalue weighted by Crippen LogP contribution is 2.32. The van der Waals surface area contributed by atoms with Gasteiger partial charge in [-0.25, -0.2) is 9.78 Å². The second-order valence-corrected chi connectivity index (χ2v) is 9.66. The van der Waals surface area contributed by atoms with E-state index in [0.29, 0.717) is 42.0 Å². The van der Waals surface area contributed by atoms with Crippen molar-refractivity contribution in [1.82, 2.24) is 14.3 Å². The quantitative estimate of drug-likeness (QED) is 0.275. The lowest BCUT2D eigenvalue weighted by Gasteiger charge is -2.12. The fraction of sp³-hybridized carbons (Fsp3) is 0.156. The summed E-state index contributed by atoms with van der Waals surface area (Å²) < 4.78 is 9.20. The number of hydrogen-bond acceptors (Lipinski definition) is 6. The van der Waals surface area contributed by atoms with Gasteiger partial charge < -0.3 is 19.9 Å². The van der Waals surface area contributed by atoms with Crippen LogP contribution in [0.3, 0.4) is 0 Å². The highest BCUT2D eigenvalue weighted by Gasteiger charge is 2.20. The summed E-state index contributed by atoms with van der Waals surface area (Å²) in [5.74, 6) is 0.115. The summed E-state index contributed by atoms with van der Waals surface area (Å²) >= 11 is 0. The van der Waals surface area contributed by atoms with Crippen molar-refractivity contribution in [3.05, 3.63) is 107 Å². The zero-order chi connectivity index (χ0) is 27.6. The summed E-state index contributed by atoms with van der Waals surface area (Å²) in [4.78, 5) is 36.1. The van der Waals surface area contributed by atoms with E-state index in [1.807, 2.05) is 91.1 Å². The van der Waals surface area contributed by atoms with Crippen LogP contribution in [0.5, 0.6) is 5.75 Å². The average Bonchev–Trinajstić information content (AvgIpc) is 3.33. The van der Waals surface area contributed by atoms with E-state index in [2.05, 4.69) is 4.57 Å². The van der Waals surface area contributed by atoms with Crippen molar-refractivity contribution in [2.45, 2.75) is 26.5 Å². The first-order valence-electron chi connectivity index (χ1n) is 13.2. The molecule has 0 saturated heterocycles. The second kappa shape index (κ2) is 10.7. The van der Waals surface area contributed by atoms with E-state index in [1.165, 1.54) is 6.92 Å². The zero-order valence-corrected chi connectivity index (χ0v) is 22.0. The SMILES string of the molecule is CC(=O)On1c(=O)c(-c2cn(CCCN)c3cc(OCc4ccccc4)ccc23)nc2cc3ccccc3cc21. The molecule has 0 spiro atoms. The van der Waals surface area contributed by atoms with E-state index in [0.717, 1.165) is 38.4 Å². The van der Waals surface area contributed by atoms with Gasteiger partial charge in [-0.1, -0.05) is 54.6 Å². The van der Waals surface area contributed by atoms with Crippen LogP contribution in [-0.2, 0) is 17.9 Å². The number of hydrogen-bond donors (Lipinski definition) is 1. The number of benzene rings is 4. The van der Waals surface area contributed by atoms with Crippen molar-refractivity contribution in [2.24, 2.45) is 5.73 Å². The largest absolute Gasteiger partial charge is 0.489 e. The Balaban J connectivity index is 1.51. The Hall–Kier alpha value is -4.95. The Morgan fingerprint density at radius 2 is 1.68 bits per heavy atom. The van der Waals surface area contributed by atoms with E-state index < -0.39 is 11.5 Å². The molecule has 6 rings (SSSR count). The summed E-state index contributed by atoms with van der Waals surface area (Å²) in [6.07, 6.45) is 2.67. The second-order valence-electron chi connectivity index (χ2n) is 9.66. The summed E-state index contributed by atoms with van der Waals surface area (Å²) in [6, 6.07) is 27.3. The third-order valence-corrected chi connectivity index (χ3v) is 6.86. The number of carbonyl (C=O) groups excluding carboxylic acids is 1. The van der Waals surface area contributed by atoms with Gasteiger partial charge in [0.15, 0.2) is 0 Å². The van der Waals surface area contributed by atoms with Crippen molar-refractivity contribution >= 4 is 38.7 Å². The minimum absolute atomic E-state index is 0.193. The minimum atomic E-state index is -0.598. The Labute approximate surface area is 230 Å². The average molecular weight is 533 g/mol. The number of carbonyl (C=O) groups is 1. The van der Waals surface area contributed by atoms with Crippen molar-refractivity contribution in [2.75, 3.05) is 6.54 Å². The highest BCUT2D eigenvalue weighted by atomic mass is 16.7. The lowest BCUT2D eigenvalue weighted by Crippen LogP contribution is -2.31. The Kier molecular flexibility index (Phi) is 6.76. The van der Waals surface area contributed by atoms with Crippen LogP contribution < -0.4 is 20.9 Å². The molecule has 8 nitrogen and oxygen atoms in total. The Morgan fingerprint density at radius 1 is 0.925 bits per heavy atom. The maximum atomic E-state index is 13.8. The first kappa shape index (κ1) is 25.3. The molecular formula is C32H28N4O4. The van der Waals surface area contributed by atoms with Gasteiger partial charge in [0.1, 0.15) is 23.6 Å². The maximum Gasteiger partial charge on any atom is 0.330 e. The molecule has 2 heterocycles. The molecule has 200 valence electrons. The summed E-state index contributed by atoms with van der Waals surface area (Å²) in [5, 5.41) is 2.71. The summed E-state index contributed by atoms with van der Waals surface area (Å²) in [7, 11) is 0. The summed E-state index contributed by atoms with van der Waals surface area (Å²) in [6.45, 7) is 2.90. The molecule has 4 aromatic carbocycles. The third-order valence-electron chi connectivity index (χ3n) is 6.86. The van der Waals surface area contributed by atoms with Crippen molar-refractivity contribution < 1.29 is 14.4 Å². The topological polar surface area (TPSA) is 101 Å². The van der Waals surface area contributed by atoms with Gasteiger partial charge in [0, 0.05) is 36.7 Å². The molecule has 0 atom stereocenters. The number of aryl methyl sites for hydroxylation is 1. The molecule has 40 heavy (non-hydrogen) atoms. The highest BCUT2D eigenvalue weighted by molar-refractivity contribution is 5.99. The molecule has 2 aromatic heterocycles. The maximum absolute atomic E-state index is 13.8. The monoisotopic (exact) mass is 532 g/mol. The molecular weight excluding hydrogens is 504 g/mol. The molecule has 0 bridgehead atoms. The number of ether oxygens (including phenoxy) is 1. The molecule has 0 aliphatic heterocycles. The molecule has 0 aliphatic rings. The zero-order valence-electron chi connectivity index (χ0n) is 22.0. The van der Waals surface area contributed by atoms with Gasteiger partial charge >= 0.3 is 11.5 Å². The van der Waals surface area contributed by atoms with E-state index >= 15 is 0 Å². The van der Waals surface area contributed by atoms with Crippen LogP contribution >= 0.6 is 0 Å². The number of rotatable bonds is 8. The normalized spacial score (nSPS) is 11.3. The van der Waals surface area contributed by atoms with Crippen LogP contribution in [0.4, 0.5) is 0 Å². The smallest absolute Gasteiger partial charge is 0.330 e. The van der Waals surface area contributed by atoms with Crippen LogP contribution in [0.1, 0.15) is 18.9 Å². The van der Waals surface area contributed by atoms with Gasteiger partial charge in [0.25, 0.3) is 0 Å². The lowest BCUT2D eigenvalue weighted by molar-refractivity contribution is -0.141. The lowest BCUT2D eigenvalue weighted by atomic mass is 10.1. The molecule has 2 N–H and O–H groups in total. The van der Waals surface area contributed by atoms with Gasteiger partial charge in [0.05, 0.1) is 11.0 Å². The van der Waals surface area contributed by atoms with Crippen molar-refractivity contribution in [1.29, 1.82) is 0 Å². The van der Waals surface area contributed by atoms with Crippen molar-refractivity contribution in [3.63, 3.8) is 0 Å². The fourth-order valence-electron chi connectivity index (χ4n) is 4.97. The van der Waals surface area contributed by atoms with Crippen LogP contribution in [-0.4, -0.2) is 26.8 Å². The minimum Gasteiger partial charge on any atom is -0.489 e. The molecule has 0 amide bonds. The van der Waals surface area contributed by atoms with Gasteiger partial charge in [-0.3, -0.25) is 4.79 Å². The summed E-state index contributed by atoms with van der Waals surface area (Å²) in [5.41, 5.74) is 9.08. The van der Waals surface area contributed by atoms with Crippen LogP contribution in [0.25, 0.3) is 44.0 Å². The van der Waals surface area contributed by atoms with E-state index in [9.17, 15) is 9.59 Å². The number of nitrogens with two attached hydrogens (primary N) is 1. The number of nitrogens with zero attached hydrogens (tertiary/aromatic N) is 3. The van der Waals surface area contributed by atoms with Gasteiger partial charge in [-0.2, -0.15) is 0 Å². The van der Waals surface area contributed by atoms with Crippen LogP contribution in [0.15, 0.2) is 95.9 Å². The molecule has 0 radical (unpaired) electrons. The van der Waals surface area contributed by atoms with Crippen molar-refractivity contribution in [3.8, 4) is 17.0 Å². The molecule has 0 fully saturated rings. The molecule has 0 aliphatic carbocycles. The first-order valence-corrected chi connectivity index (χ1v) is 13.2. The van der Waals surface area contributed by atoms with E-state index in [1.54, 1.807) is 0 Å². The van der Waals surface area contributed by atoms with Crippen LogP contribution in [0, 0.1) is 0 Å². The van der Waals surface area contributed by atoms with Gasteiger partial charge in [-0.15, -0.1) is 4.73 Å². The van der Waals surface area contributed by atoms with Gasteiger partial charge in [0.2, 0.25) is 0 Å². The molecule has 0 saturated carbocycles. The molecule has 8 heteroatoms. The number of aromatic nitrogens is 3. The Morgan fingerprint density at radius 3 is 2.42 bits per heavy atom. The van der Waals surface area contributed by atoms with E-state index in [-0.39, 0.29) is 5.69 Å². The third kappa shape index (κ3) is 4.81. The first-order chi connectivity index (χ1) is 19.5. The number of fused-ring (bicyclic) bond motifs is 3. The predicted molar refractivity (Wildman–Crippen MR) is 156 cm³/mol. The standard InChI is InChI=1S/C32H28N4O4/c1-21(37)40-36-30-17-24-11-6-5-10-23(24)16-28(30)34-31(32(36)38)27-19-35(15-7-14-33)29-18-25(12-13-26(27)29)39-20-22-8-3-2-4-9-22/h2-6,8-13,16-19H,7,14-15,20,33H2,1H3. The van der Waals surface area contributed by atoms with Crippen LogP contribution in [0.2, 0.25) is 0 Å². The van der Waals surface area contributed by atoms with Gasteiger partial charge in [-0.05, 0) is 53.6 Å².